The van der Waals surface area contributed by atoms with Crippen molar-refractivity contribution in [3.63, 3.8) is 0 Å². The van der Waals surface area contributed by atoms with Gasteiger partial charge in [0, 0.05) is 32.8 Å². The zero-order chi connectivity index (χ0) is 28.4. The van der Waals surface area contributed by atoms with Gasteiger partial charge >= 0.3 is 5.97 Å². The van der Waals surface area contributed by atoms with Crippen molar-refractivity contribution in [1.82, 2.24) is 14.8 Å². The fourth-order valence-corrected chi connectivity index (χ4v) is 7.97. The third-order valence-corrected chi connectivity index (χ3v) is 9.98. The first kappa shape index (κ1) is 28.6. The molecule has 40 heavy (non-hydrogen) atoms. The molecule has 1 aliphatic rings. The van der Waals surface area contributed by atoms with Gasteiger partial charge in [0.2, 0.25) is 5.91 Å². The van der Waals surface area contributed by atoms with E-state index in [9.17, 15) is 9.59 Å². The number of ether oxygens (including phenoxy) is 1. The molecule has 3 aromatic heterocycles. The maximum absolute atomic E-state index is 13.1. The van der Waals surface area contributed by atoms with Crippen LogP contribution in [0, 0.1) is 13.8 Å². The Bertz CT molecular complexity index is 1530. The average Bonchev–Trinajstić information content (AvgIpc) is 3.61. The fourth-order valence-electron chi connectivity index (χ4n) is 5.01. The van der Waals surface area contributed by atoms with Crippen LogP contribution < -0.4 is 5.32 Å². The van der Waals surface area contributed by atoms with E-state index in [0.717, 1.165) is 48.2 Å². The molecule has 5 rings (SSSR count). The second-order valence-electron chi connectivity index (χ2n) is 10.2. The number of aryl methyl sites for hydroxylation is 3. The number of thiophene rings is 2. The summed E-state index contributed by atoms with van der Waals surface area (Å²) in [5.74, 6) is 0.423. The monoisotopic (exact) mass is 594 g/mol. The minimum absolute atomic E-state index is 0.160. The van der Waals surface area contributed by atoms with E-state index in [4.69, 9.17) is 4.74 Å². The largest absolute Gasteiger partial charge is 0.459 e. The number of rotatable bonds is 9. The lowest BCUT2D eigenvalue weighted by atomic mass is 9.95. The van der Waals surface area contributed by atoms with Crippen molar-refractivity contribution in [2.24, 2.45) is 0 Å². The van der Waals surface area contributed by atoms with E-state index in [1.807, 2.05) is 13.8 Å². The number of aromatic nitrogens is 3. The summed E-state index contributed by atoms with van der Waals surface area (Å²) in [5.41, 5.74) is 6.17. The van der Waals surface area contributed by atoms with Crippen LogP contribution in [-0.2, 0) is 28.9 Å². The molecule has 4 aromatic rings. The molecule has 0 atom stereocenters. The molecule has 0 spiro atoms. The van der Waals surface area contributed by atoms with Gasteiger partial charge in [0.1, 0.15) is 5.00 Å². The number of esters is 1. The smallest absolute Gasteiger partial charge is 0.341 e. The van der Waals surface area contributed by atoms with Crippen LogP contribution in [0.1, 0.15) is 64.9 Å². The molecule has 10 heteroatoms. The highest BCUT2D eigenvalue weighted by molar-refractivity contribution is 7.99. The Hall–Kier alpha value is -2.95. The summed E-state index contributed by atoms with van der Waals surface area (Å²) in [6.45, 7) is 10.6. The third kappa shape index (κ3) is 5.89. The highest BCUT2D eigenvalue weighted by Crippen LogP contribution is 2.40. The lowest BCUT2D eigenvalue weighted by Crippen LogP contribution is -2.19. The van der Waals surface area contributed by atoms with E-state index in [1.54, 1.807) is 11.3 Å². The molecule has 1 N–H and O–H groups in total. The molecule has 0 unspecified atom stereocenters. The van der Waals surface area contributed by atoms with Crippen LogP contribution in [0.15, 0.2) is 34.8 Å². The van der Waals surface area contributed by atoms with Crippen LogP contribution in [0.2, 0.25) is 0 Å². The van der Waals surface area contributed by atoms with E-state index >= 15 is 0 Å². The summed E-state index contributed by atoms with van der Waals surface area (Å²) < 4.78 is 7.59. The minimum atomic E-state index is -0.358. The van der Waals surface area contributed by atoms with Gasteiger partial charge in [-0.1, -0.05) is 41.6 Å². The van der Waals surface area contributed by atoms with E-state index in [1.165, 1.54) is 44.0 Å². The van der Waals surface area contributed by atoms with Crippen molar-refractivity contribution < 1.29 is 14.3 Å². The van der Waals surface area contributed by atoms with Gasteiger partial charge < -0.3 is 14.6 Å². The molecule has 7 nitrogen and oxygen atoms in total. The maximum Gasteiger partial charge on any atom is 0.341 e. The maximum atomic E-state index is 13.1. The van der Waals surface area contributed by atoms with Crippen molar-refractivity contribution in [1.29, 1.82) is 0 Å². The molecule has 1 amide bonds. The van der Waals surface area contributed by atoms with Gasteiger partial charge in [-0.05, 0) is 71.4 Å². The Morgan fingerprint density at radius 1 is 1.12 bits per heavy atom. The van der Waals surface area contributed by atoms with E-state index in [2.05, 4.69) is 70.5 Å². The highest BCUT2D eigenvalue weighted by atomic mass is 32.2. The second kappa shape index (κ2) is 12.3. The lowest BCUT2D eigenvalue weighted by Gasteiger charge is -2.14. The quantitative estimate of drug-likeness (QED) is 0.159. The number of carbonyl (C=O) groups excluding carboxylic acids is 2. The normalized spacial score (nSPS) is 12.9. The summed E-state index contributed by atoms with van der Waals surface area (Å²) in [5, 5.41) is 15.4. The predicted molar refractivity (Wildman–Crippen MR) is 165 cm³/mol. The van der Waals surface area contributed by atoms with Crippen LogP contribution in [-0.4, -0.2) is 38.5 Å². The molecule has 3 heterocycles. The first-order chi connectivity index (χ1) is 19.3. The number of carbonyl (C=O) groups is 2. The summed E-state index contributed by atoms with van der Waals surface area (Å²) in [6, 6.07) is 8.54. The highest BCUT2D eigenvalue weighted by Gasteiger charge is 2.28. The topological polar surface area (TPSA) is 86.1 Å². The number of nitrogens with one attached hydrogen (secondary N) is 1. The van der Waals surface area contributed by atoms with Crippen molar-refractivity contribution in [3.8, 4) is 22.5 Å². The molecule has 1 aliphatic carbocycles. The number of nitrogens with zero attached hydrogens (tertiary/aromatic N) is 3. The Labute approximate surface area is 247 Å². The van der Waals surface area contributed by atoms with Crippen molar-refractivity contribution in [2.45, 2.75) is 78.1 Å². The summed E-state index contributed by atoms with van der Waals surface area (Å²) >= 11 is 4.56. The Balaban J connectivity index is 1.34. The van der Waals surface area contributed by atoms with Gasteiger partial charge in [-0.25, -0.2) is 4.79 Å². The Kier molecular flexibility index (Phi) is 8.77. The van der Waals surface area contributed by atoms with Gasteiger partial charge in [0.05, 0.1) is 17.4 Å². The van der Waals surface area contributed by atoms with Crippen molar-refractivity contribution >= 4 is 51.3 Å². The predicted octanol–water partition coefficient (Wildman–Crippen LogP) is 7.55. The fraction of sp³-hybridized carbons (Fsp3) is 0.400. The molecule has 0 aliphatic heterocycles. The van der Waals surface area contributed by atoms with Crippen molar-refractivity contribution in [2.75, 3.05) is 11.1 Å². The molecule has 0 fully saturated rings. The first-order valence-corrected chi connectivity index (χ1v) is 16.3. The summed E-state index contributed by atoms with van der Waals surface area (Å²) in [4.78, 5) is 28.5. The van der Waals surface area contributed by atoms with Gasteiger partial charge in [-0.3, -0.25) is 4.79 Å². The van der Waals surface area contributed by atoms with Gasteiger partial charge in [0.25, 0.3) is 0 Å². The van der Waals surface area contributed by atoms with Gasteiger partial charge in [-0.15, -0.1) is 32.9 Å². The Morgan fingerprint density at radius 2 is 1.88 bits per heavy atom. The van der Waals surface area contributed by atoms with Crippen LogP contribution >= 0.6 is 34.4 Å². The number of hydrogen-bond donors (Lipinski definition) is 1. The zero-order valence-corrected chi connectivity index (χ0v) is 25.9. The molecule has 0 saturated carbocycles. The number of anilines is 1. The Morgan fingerprint density at radius 3 is 2.60 bits per heavy atom. The SMILES string of the molecule is CCn1c(SCC(=O)Nc2sc3c(c2C(=O)OC(C)C)CCCC3)nnc1-c1csc(C)c1-c1ccc(C)cc1. The lowest BCUT2D eigenvalue weighted by molar-refractivity contribution is -0.113. The van der Waals surface area contributed by atoms with Crippen LogP contribution in [0.3, 0.4) is 0 Å². The molecular formula is C30H34N4O3S3. The molecular weight excluding hydrogens is 561 g/mol. The van der Waals surface area contributed by atoms with Gasteiger partial charge in [-0.2, -0.15) is 0 Å². The van der Waals surface area contributed by atoms with Crippen LogP contribution in [0.25, 0.3) is 22.5 Å². The average molecular weight is 595 g/mol. The zero-order valence-electron chi connectivity index (χ0n) is 23.5. The van der Waals surface area contributed by atoms with Crippen LogP contribution in [0.5, 0.6) is 0 Å². The minimum Gasteiger partial charge on any atom is -0.459 e. The first-order valence-electron chi connectivity index (χ1n) is 13.6. The number of fused-ring (bicyclic) bond motifs is 1. The molecule has 210 valence electrons. The van der Waals surface area contributed by atoms with Crippen LogP contribution in [0.4, 0.5) is 5.00 Å². The second-order valence-corrected chi connectivity index (χ2v) is 13.3. The molecule has 1 aromatic carbocycles. The number of amides is 1. The molecule has 0 radical (unpaired) electrons. The van der Waals surface area contributed by atoms with Gasteiger partial charge in [0.15, 0.2) is 11.0 Å². The standard InChI is InChI=1S/C30H34N4O3S3/c1-6-34-27(22-15-38-19(5)25(22)20-13-11-18(4)12-14-20)32-33-30(34)39-16-24(35)31-28-26(29(36)37-17(2)3)21-9-7-8-10-23(21)40-28/h11-15,17H,6-10,16H2,1-5H3,(H,31,35). The van der Waals surface area contributed by atoms with E-state index in [0.29, 0.717) is 22.3 Å². The van der Waals surface area contributed by atoms with E-state index in [-0.39, 0.29) is 23.7 Å². The number of thioether (sulfide) groups is 1. The van der Waals surface area contributed by atoms with Crippen molar-refractivity contribution in [3.05, 3.63) is 56.1 Å². The number of hydrogen-bond acceptors (Lipinski definition) is 8. The summed E-state index contributed by atoms with van der Waals surface area (Å²) in [7, 11) is 0. The summed E-state index contributed by atoms with van der Waals surface area (Å²) in [6.07, 6.45) is 3.69. The molecule has 0 bridgehead atoms. The molecule has 0 saturated heterocycles. The third-order valence-electron chi connectivity index (χ3n) is 6.89. The number of benzene rings is 1. The van der Waals surface area contributed by atoms with E-state index < -0.39 is 0 Å².